The lowest BCUT2D eigenvalue weighted by molar-refractivity contribution is -0.137. The van der Waals surface area contributed by atoms with Gasteiger partial charge in [-0.25, -0.2) is 4.39 Å². The van der Waals surface area contributed by atoms with Gasteiger partial charge in [0.05, 0.1) is 5.52 Å². The van der Waals surface area contributed by atoms with E-state index < -0.39 is 35.3 Å². The van der Waals surface area contributed by atoms with Crippen molar-refractivity contribution >= 4 is 22.9 Å². The summed E-state index contributed by atoms with van der Waals surface area (Å²) in [5.74, 6) is -3.13. The van der Waals surface area contributed by atoms with E-state index in [9.17, 15) is 23.9 Å². The zero-order valence-electron chi connectivity index (χ0n) is 14.8. The maximum atomic E-state index is 13.1. The van der Waals surface area contributed by atoms with Crippen LogP contribution in [0.5, 0.6) is 5.75 Å². The highest BCUT2D eigenvalue weighted by molar-refractivity contribution is 6.01. The van der Waals surface area contributed by atoms with Crippen LogP contribution in [0, 0.1) is 5.82 Å². The summed E-state index contributed by atoms with van der Waals surface area (Å²) in [7, 11) is 1.28. The summed E-state index contributed by atoms with van der Waals surface area (Å²) >= 11 is 0. The predicted molar refractivity (Wildman–Crippen MR) is 97.9 cm³/mol. The maximum absolute atomic E-state index is 13.1. The number of carboxylic acid groups (broad SMARTS) is 1. The fourth-order valence-electron chi connectivity index (χ4n) is 2.90. The number of pyridine rings is 2. The number of nitrogens with zero attached hydrogens (tertiary/aromatic N) is 2. The monoisotopic (exact) mass is 385 g/mol. The van der Waals surface area contributed by atoms with E-state index in [-0.39, 0.29) is 16.9 Å². The van der Waals surface area contributed by atoms with E-state index in [2.05, 4.69) is 10.3 Å². The molecule has 0 fully saturated rings. The molecule has 0 aliphatic heterocycles. The summed E-state index contributed by atoms with van der Waals surface area (Å²) in [5.41, 5.74) is -0.104. The molecule has 144 valence electrons. The minimum atomic E-state index is -1.29. The van der Waals surface area contributed by atoms with Crippen LogP contribution in [0.25, 0.3) is 11.0 Å². The van der Waals surface area contributed by atoms with Crippen LogP contribution in [0.2, 0.25) is 0 Å². The van der Waals surface area contributed by atoms with Gasteiger partial charge in [0.2, 0.25) is 0 Å². The Morgan fingerprint density at radius 3 is 2.50 bits per heavy atom. The standard InChI is InChI=1S/C19H16FN3O5/c1-21-18(27)15-17(26)16-13(23(19(15)28)9-14(24)25)7-11(8-22-16)6-10-2-4-12(20)5-3-10/h2-5,7-8,26H,6,9H2,1H3,(H,21,27)(H,24,25). The normalized spacial score (nSPS) is 10.8. The number of hydrogen-bond donors (Lipinski definition) is 3. The van der Waals surface area contributed by atoms with Gasteiger partial charge < -0.3 is 15.5 Å². The zero-order valence-corrected chi connectivity index (χ0v) is 14.8. The van der Waals surface area contributed by atoms with E-state index in [0.29, 0.717) is 12.0 Å². The SMILES string of the molecule is CNC(=O)c1c(O)c2ncc(Cc3ccc(F)cc3)cc2n(CC(=O)O)c1=O. The molecule has 1 amide bonds. The maximum Gasteiger partial charge on any atom is 0.323 e. The van der Waals surface area contributed by atoms with Crippen molar-refractivity contribution < 1.29 is 24.2 Å². The number of aliphatic carboxylic acids is 1. The number of nitrogens with one attached hydrogen (secondary N) is 1. The van der Waals surface area contributed by atoms with E-state index in [0.717, 1.165) is 10.1 Å². The number of carbonyl (C=O) groups is 2. The largest absolute Gasteiger partial charge is 0.505 e. The first-order valence-electron chi connectivity index (χ1n) is 8.24. The Morgan fingerprint density at radius 1 is 1.21 bits per heavy atom. The van der Waals surface area contributed by atoms with Crippen LogP contribution >= 0.6 is 0 Å². The van der Waals surface area contributed by atoms with E-state index in [4.69, 9.17) is 5.11 Å². The molecule has 3 N–H and O–H groups in total. The fraction of sp³-hybridized carbons (Fsp3) is 0.158. The summed E-state index contributed by atoms with van der Waals surface area (Å²) in [4.78, 5) is 40.0. The Hall–Kier alpha value is -3.75. The molecule has 28 heavy (non-hydrogen) atoms. The molecule has 0 aliphatic carbocycles. The first kappa shape index (κ1) is 19.0. The van der Waals surface area contributed by atoms with Crippen molar-refractivity contribution in [2.24, 2.45) is 0 Å². The molecule has 3 rings (SSSR count). The van der Waals surface area contributed by atoms with Crippen molar-refractivity contribution in [3.05, 3.63) is 69.4 Å². The van der Waals surface area contributed by atoms with Crippen LogP contribution in [-0.2, 0) is 17.8 Å². The van der Waals surface area contributed by atoms with Crippen molar-refractivity contribution in [3.63, 3.8) is 0 Å². The topological polar surface area (TPSA) is 122 Å². The Balaban J connectivity index is 2.20. The molecule has 3 aromatic rings. The number of carbonyl (C=O) groups excluding carboxylic acids is 1. The van der Waals surface area contributed by atoms with Crippen LogP contribution in [-0.4, -0.2) is 38.7 Å². The third-order valence-electron chi connectivity index (χ3n) is 4.20. The number of halogens is 1. The Bertz CT molecular complexity index is 1140. The van der Waals surface area contributed by atoms with E-state index >= 15 is 0 Å². The quantitative estimate of drug-likeness (QED) is 0.608. The smallest absolute Gasteiger partial charge is 0.323 e. The van der Waals surface area contributed by atoms with Gasteiger partial charge in [-0.05, 0) is 35.7 Å². The van der Waals surface area contributed by atoms with Crippen LogP contribution in [0.4, 0.5) is 4.39 Å². The van der Waals surface area contributed by atoms with Gasteiger partial charge in [-0.1, -0.05) is 12.1 Å². The van der Waals surface area contributed by atoms with Gasteiger partial charge in [0, 0.05) is 13.2 Å². The molecule has 0 radical (unpaired) electrons. The average Bonchev–Trinajstić information content (AvgIpc) is 2.66. The van der Waals surface area contributed by atoms with Gasteiger partial charge in [-0.2, -0.15) is 0 Å². The molecule has 1 aromatic carbocycles. The third-order valence-corrected chi connectivity index (χ3v) is 4.20. The lowest BCUT2D eigenvalue weighted by atomic mass is 10.1. The van der Waals surface area contributed by atoms with E-state index in [1.807, 2.05) is 0 Å². The molecule has 2 heterocycles. The third kappa shape index (κ3) is 3.54. The number of amides is 1. The molecule has 0 saturated carbocycles. The number of carboxylic acids is 1. The molecule has 0 atom stereocenters. The number of aromatic nitrogens is 2. The van der Waals surface area contributed by atoms with Gasteiger partial charge in [0.1, 0.15) is 23.4 Å². The molecule has 9 heteroatoms. The van der Waals surface area contributed by atoms with Crippen molar-refractivity contribution in [1.82, 2.24) is 14.9 Å². The average molecular weight is 385 g/mol. The summed E-state index contributed by atoms with van der Waals surface area (Å²) in [6.07, 6.45) is 1.79. The van der Waals surface area contributed by atoms with Gasteiger partial charge in [0.15, 0.2) is 5.75 Å². The Morgan fingerprint density at radius 2 is 1.89 bits per heavy atom. The van der Waals surface area contributed by atoms with Crippen molar-refractivity contribution in [2.75, 3.05) is 7.05 Å². The van der Waals surface area contributed by atoms with Crippen molar-refractivity contribution in [2.45, 2.75) is 13.0 Å². The van der Waals surface area contributed by atoms with Crippen LogP contribution < -0.4 is 10.9 Å². The van der Waals surface area contributed by atoms with E-state index in [1.165, 1.54) is 31.4 Å². The minimum Gasteiger partial charge on any atom is -0.505 e. The van der Waals surface area contributed by atoms with Gasteiger partial charge in [0.25, 0.3) is 11.5 Å². The van der Waals surface area contributed by atoms with Crippen LogP contribution in [0.3, 0.4) is 0 Å². The number of benzene rings is 1. The fourth-order valence-corrected chi connectivity index (χ4v) is 2.90. The highest BCUT2D eigenvalue weighted by Gasteiger charge is 2.23. The minimum absolute atomic E-state index is 0.0673. The molecular formula is C19H16FN3O5. The Labute approximate surface area is 157 Å². The second kappa shape index (κ2) is 7.47. The molecule has 0 bridgehead atoms. The molecule has 0 spiro atoms. The van der Waals surface area contributed by atoms with Crippen molar-refractivity contribution in [3.8, 4) is 5.75 Å². The van der Waals surface area contributed by atoms with Gasteiger partial charge >= 0.3 is 5.97 Å². The number of aromatic hydroxyl groups is 1. The van der Waals surface area contributed by atoms with Crippen LogP contribution in [0.15, 0.2) is 41.3 Å². The summed E-state index contributed by atoms with van der Waals surface area (Å²) < 4.78 is 13.9. The molecule has 0 unspecified atom stereocenters. The Kier molecular flexibility index (Phi) is 5.08. The number of fused-ring (bicyclic) bond motifs is 1. The van der Waals surface area contributed by atoms with E-state index in [1.54, 1.807) is 12.1 Å². The summed E-state index contributed by atoms with van der Waals surface area (Å²) in [6, 6.07) is 7.33. The number of rotatable bonds is 5. The molecule has 0 saturated heterocycles. The summed E-state index contributed by atoms with van der Waals surface area (Å²) in [5, 5.41) is 21.8. The second-order valence-electron chi connectivity index (χ2n) is 6.10. The highest BCUT2D eigenvalue weighted by Crippen LogP contribution is 2.26. The predicted octanol–water partition coefficient (Wildman–Crippen LogP) is 1.28. The molecule has 8 nitrogen and oxygen atoms in total. The van der Waals surface area contributed by atoms with Gasteiger partial charge in [-0.15, -0.1) is 0 Å². The first-order chi connectivity index (χ1) is 13.3. The molecule has 2 aromatic heterocycles. The zero-order chi connectivity index (χ0) is 20.4. The second-order valence-corrected chi connectivity index (χ2v) is 6.10. The molecule has 0 aliphatic rings. The lowest BCUT2D eigenvalue weighted by Crippen LogP contribution is -2.33. The van der Waals surface area contributed by atoms with Gasteiger partial charge in [-0.3, -0.25) is 23.9 Å². The first-order valence-corrected chi connectivity index (χ1v) is 8.24. The lowest BCUT2D eigenvalue weighted by Gasteiger charge is -2.13. The highest BCUT2D eigenvalue weighted by atomic mass is 19.1. The number of hydrogen-bond acceptors (Lipinski definition) is 5. The van der Waals surface area contributed by atoms with Crippen LogP contribution in [0.1, 0.15) is 21.5 Å². The summed E-state index contributed by atoms with van der Waals surface area (Å²) in [6.45, 7) is -0.707. The molecular weight excluding hydrogens is 369 g/mol. The van der Waals surface area contributed by atoms with Crippen molar-refractivity contribution in [1.29, 1.82) is 0 Å².